The number of rotatable bonds is 16. The second kappa shape index (κ2) is 15.3. The Kier molecular flexibility index (Phi) is 14.6. The first kappa shape index (κ1) is 22.8. The van der Waals surface area contributed by atoms with Gasteiger partial charge in [-0.25, -0.2) is 15.3 Å². The molecule has 0 saturated heterocycles. The number of carboxylic acid groups (broad SMARTS) is 1. The summed E-state index contributed by atoms with van der Waals surface area (Å²) in [4.78, 5) is 18.4. The van der Waals surface area contributed by atoms with E-state index in [0.717, 1.165) is 38.5 Å². The van der Waals surface area contributed by atoms with Crippen LogP contribution in [0.3, 0.4) is 0 Å². The summed E-state index contributed by atoms with van der Waals surface area (Å²) in [5.41, 5.74) is 0. The molecule has 0 aromatic heterocycles. The molecule has 6 nitrogen and oxygen atoms in total. The maximum absolute atomic E-state index is 10.9. The van der Waals surface area contributed by atoms with E-state index in [1.807, 2.05) is 0 Å². The van der Waals surface area contributed by atoms with E-state index < -0.39 is 11.8 Å². The molecule has 0 aliphatic heterocycles. The van der Waals surface area contributed by atoms with Crippen LogP contribution in [-0.2, 0) is 14.6 Å². The van der Waals surface area contributed by atoms with Gasteiger partial charge in [-0.2, -0.15) is 9.78 Å². The summed E-state index contributed by atoms with van der Waals surface area (Å²) in [6, 6.07) is 0. The van der Waals surface area contributed by atoms with Gasteiger partial charge in [-0.3, -0.25) is 0 Å². The Bertz CT molecular complexity index is 361. The second-order valence-electron chi connectivity index (χ2n) is 5.87. The number of hydrogen-bond acceptors (Lipinski definition) is 5. The summed E-state index contributed by atoms with van der Waals surface area (Å²) < 4.78 is 0. The second-order valence-corrected chi connectivity index (χ2v) is 5.87. The zero-order valence-corrected chi connectivity index (χ0v) is 14.7. The van der Waals surface area contributed by atoms with Crippen LogP contribution in [0.4, 0.5) is 0 Å². The van der Waals surface area contributed by atoms with Crippen molar-refractivity contribution in [3.8, 4) is 0 Å². The minimum atomic E-state index is -2.37. The van der Waals surface area contributed by atoms with Crippen LogP contribution in [0.2, 0.25) is 0 Å². The van der Waals surface area contributed by atoms with Crippen LogP contribution in [0.15, 0.2) is 24.3 Å². The number of carboxylic acids is 1. The minimum Gasteiger partial charge on any atom is -0.477 e. The molecule has 140 valence electrons. The molecule has 0 radical (unpaired) electrons. The molecule has 0 amide bonds. The van der Waals surface area contributed by atoms with E-state index in [1.54, 1.807) is 0 Å². The van der Waals surface area contributed by atoms with E-state index in [1.165, 1.54) is 19.3 Å². The Morgan fingerprint density at radius 3 is 1.92 bits per heavy atom. The van der Waals surface area contributed by atoms with Crippen LogP contribution in [0.25, 0.3) is 0 Å². The van der Waals surface area contributed by atoms with E-state index in [-0.39, 0.29) is 6.42 Å². The van der Waals surface area contributed by atoms with Crippen LogP contribution < -0.4 is 0 Å². The molecule has 0 heterocycles. The lowest BCUT2D eigenvalue weighted by Gasteiger charge is -2.21. The highest BCUT2D eigenvalue weighted by molar-refractivity contribution is 5.75. The number of hydrogen-bond donors (Lipinski definition) is 3. The maximum Gasteiger partial charge on any atom is 0.370 e. The topological polar surface area (TPSA) is 96.2 Å². The van der Waals surface area contributed by atoms with Gasteiger partial charge in [0.2, 0.25) is 0 Å². The van der Waals surface area contributed by atoms with Crippen molar-refractivity contribution in [2.45, 2.75) is 83.3 Å². The van der Waals surface area contributed by atoms with E-state index in [0.29, 0.717) is 6.42 Å². The zero-order valence-electron chi connectivity index (χ0n) is 14.7. The fourth-order valence-corrected chi connectivity index (χ4v) is 2.29. The first-order chi connectivity index (χ1) is 11.6. The Hall–Kier alpha value is -1.21. The third-order valence-corrected chi connectivity index (χ3v) is 3.83. The predicted molar refractivity (Wildman–Crippen MR) is 92.5 cm³/mol. The lowest BCUT2D eigenvalue weighted by molar-refractivity contribution is -0.472. The summed E-state index contributed by atoms with van der Waals surface area (Å²) in [5, 5.41) is 26.0. The van der Waals surface area contributed by atoms with Crippen molar-refractivity contribution in [1.29, 1.82) is 0 Å². The molecule has 0 aromatic carbocycles. The first-order valence-electron chi connectivity index (χ1n) is 8.81. The molecule has 0 bridgehead atoms. The lowest BCUT2D eigenvalue weighted by atomic mass is 10.1. The molecule has 6 heteroatoms. The van der Waals surface area contributed by atoms with Crippen LogP contribution in [-0.4, -0.2) is 27.4 Å². The van der Waals surface area contributed by atoms with Crippen molar-refractivity contribution in [3.05, 3.63) is 24.3 Å². The molecule has 0 aliphatic carbocycles. The minimum absolute atomic E-state index is 0.117. The quantitative estimate of drug-likeness (QED) is 0.117. The van der Waals surface area contributed by atoms with Gasteiger partial charge in [-0.1, -0.05) is 56.9 Å². The van der Waals surface area contributed by atoms with Crippen molar-refractivity contribution >= 4 is 5.97 Å². The normalized spacial score (nSPS) is 12.5. The van der Waals surface area contributed by atoms with Gasteiger partial charge in [0.15, 0.2) is 0 Å². The summed E-state index contributed by atoms with van der Waals surface area (Å²) in [6.45, 7) is 2.20. The van der Waals surface area contributed by atoms with E-state index in [9.17, 15) is 4.79 Å². The van der Waals surface area contributed by atoms with Gasteiger partial charge in [0.1, 0.15) is 0 Å². The molecule has 0 rings (SSSR count). The molecule has 0 atom stereocenters. The molecule has 3 N–H and O–H groups in total. The molecule has 0 saturated carbocycles. The average Bonchev–Trinajstić information content (AvgIpc) is 2.58. The predicted octanol–water partition coefficient (Wildman–Crippen LogP) is 5.17. The lowest BCUT2D eigenvalue weighted by Crippen LogP contribution is -2.42. The Balaban J connectivity index is 3.60. The Morgan fingerprint density at radius 2 is 1.42 bits per heavy atom. The van der Waals surface area contributed by atoms with Crippen molar-refractivity contribution in [3.63, 3.8) is 0 Å². The molecule has 0 aromatic rings. The Morgan fingerprint density at radius 1 is 0.875 bits per heavy atom. The zero-order chi connectivity index (χ0) is 18.1. The molecule has 24 heavy (non-hydrogen) atoms. The Labute approximate surface area is 144 Å². The van der Waals surface area contributed by atoms with E-state index in [2.05, 4.69) is 41.0 Å². The average molecular weight is 344 g/mol. The summed E-state index contributed by atoms with van der Waals surface area (Å²) in [5.74, 6) is -3.93. The third-order valence-electron chi connectivity index (χ3n) is 3.83. The van der Waals surface area contributed by atoms with E-state index >= 15 is 0 Å². The highest BCUT2D eigenvalue weighted by Gasteiger charge is 2.42. The summed E-state index contributed by atoms with van der Waals surface area (Å²) >= 11 is 0. The number of allylic oxidation sites excluding steroid dienone is 4. The monoisotopic (exact) mass is 344 g/mol. The van der Waals surface area contributed by atoms with E-state index in [4.69, 9.17) is 15.6 Å². The van der Waals surface area contributed by atoms with Crippen molar-refractivity contribution in [1.82, 2.24) is 0 Å². The third kappa shape index (κ3) is 10.5. The van der Waals surface area contributed by atoms with Gasteiger partial charge in [0.25, 0.3) is 0 Å². The van der Waals surface area contributed by atoms with Crippen LogP contribution >= 0.6 is 0 Å². The van der Waals surface area contributed by atoms with Crippen LogP contribution in [0.1, 0.15) is 77.6 Å². The number of aliphatic carboxylic acids is 1. The molecular weight excluding hydrogens is 312 g/mol. The standard InChI is InChI=1S/C18H32O6/c1-2-3-4-5-6-7-8-9-10-11-12-13-14-15-16-18(23-21,24-22)17(19)20/h6-7,9-10,21-22H,2-5,8,11-16H2,1H3,(H,19,20)/b7-6-,10-9-. The van der Waals surface area contributed by atoms with Gasteiger partial charge in [-0.05, 0) is 38.5 Å². The maximum atomic E-state index is 10.9. The van der Waals surface area contributed by atoms with Gasteiger partial charge in [0, 0.05) is 6.42 Å². The number of carbonyl (C=O) groups is 1. The molecule has 0 unspecified atom stereocenters. The molecule has 0 aliphatic rings. The van der Waals surface area contributed by atoms with Gasteiger partial charge < -0.3 is 5.11 Å². The highest BCUT2D eigenvalue weighted by atomic mass is 17.2. The first-order valence-corrected chi connectivity index (χ1v) is 8.81. The van der Waals surface area contributed by atoms with Crippen molar-refractivity contribution in [2.24, 2.45) is 0 Å². The molecule has 0 spiro atoms. The molecule has 0 fully saturated rings. The summed E-state index contributed by atoms with van der Waals surface area (Å²) in [7, 11) is 0. The van der Waals surface area contributed by atoms with Gasteiger partial charge in [0.05, 0.1) is 0 Å². The molecular formula is C18H32O6. The van der Waals surface area contributed by atoms with Gasteiger partial charge in [-0.15, -0.1) is 0 Å². The van der Waals surface area contributed by atoms with Crippen LogP contribution in [0, 0.1) is 0 Å². The largest absolute Gasteiger partial charge is 0.477 e. The van der Waals surface area contributed by atoms with Crippen molar-refractivity contribution < 1.29 is 30.2 Å². The summed E-state index contributed by atoms with van der Waals surface area (Å²) in [6.07, 6.45) is 18.7. The van der Waals surface area contributed by atoms with Gasteiger partial charge >= 0.3 is 11.8 Å². The van der Waals surface area contributed by atoms with Crippen molar-refractivity contribution in [2.75, 3.05) is 0 Å². The SMILES string of the molecule is CCCCC/C=C\C/C=C\CCCCCCC(OO)(OO)C(=O)O. The fraction of sp³-hybridized carbons (Fsp3) is 0.722. The highest BCUT2D eigenvalue weighted by Crippen LogP contribution is 2.20. The van der Waals surface area contributed by atoms with Crippen LogP contribution in [0.5, 0.6) is 0 Å². The smallest absolute Gasteiger partial charge is 0.370 e. The fourth-order valence-electron chi connectivity index (χ4n) is 2.29. The number of unbranched alkanes of at least 4 members (excludes halogenated alkanes) is 7.